The lowest BCUT2D eigenvalue weighted by molar-refractivity contribution is 0.346. The quantitative estimate of drug-likeness (QED) is 0.795. The molecular weight excluding hydrogens is 220 g/mol. The Balaban J connectivity index is 2.76. The lowest BCUT2D eigenvalue weighted by Crippen LogP contribution is -2.40. The minimum absolute atomic E-state index is 0.286. The van der Waals surface area contributed by atoms with Crippen molar-refractivity contribution in [1.29, 1.82) is 0 Å². The highest BCUT2D eigenvalue weighted by Crippen LogP contribution is 2.24. The summed E-state index contributed by atoms with van der Waals surface area (Å²) >= 11 is 0. The van der Waals surface area contributed by atoms with Gasteiger partial charge in [0.1, 0.15) is 0 Å². The summed E-state index contributed by atoms with van der Waals surface area (Å²) in [5.74, 6) is 0. The van der Waals surface area contributed by atoms with Crippen molar-refractivity contribution in [2.75, 3.05) is 31.1 Å². The van der Waals surface area contributed by atoms with Gasteiger partial charge in [-0.25, -0.2) is 0 Å². The van der Waals surface area contributed by atoms with Gasteiger partial charge in [-0.15, -0.1) is 0 Å². The van der Waals surface area contributed by atoms with Crippen LogP contribution in [0.5, 0.6) is 0 Å². The van der Waals surface area contributed by atoms with Gasteiger partial charge in [-0.3, -0.25) is 0 Å². The van der Waals surface area contributed by atoms with E-state index < -0.39 is 0 Å². The van der Waals surface area contributed by atoms with Crippen molar-refractivity contribution in [3.63, 3.8) is 0 Å². The Morgan fingerprint density at radius 2 is 1.83 bits per heavy atom. The molecule has 0 spiro atoms. The molecule has 0 heterocycles. The van der Waals surface area contributed by atoms with E-state index in [0.717, 1.165) is 26.2 Å². The maximum absolute atomic E-state index is 3.46. The Labute approximate surface area is 112 Å². The molecule has 0 aliphatic carbocycles. The number of anilines is 1. The maximum Gasteiger partial charge on any atom is 0.0396 e. The van der Waals surface area contributed by atoms with Gasteiger partial charge in [-0.1, -0.05) is 39.0 Å². The highest BCUT2D eigenvalue weighted by molar-refractivity contribution is 5.53. The van der Waals surface area contributed by atoms with Gasteiger partial charge >= 0.3 is 0 Å². The van der Waals surface area contributed by atoms with E-state index in [4.69, 9.17) is 0 Å². The summed E-state index contributed by atoms with van der Waals surface area (Å²) in [6.07, 6.45) is 0. The van der Waals surface area contributed by atoms with Crippen LogP contribution in [0.3, 0.4) is 0 Å². The van der Waals surface area contributed by atoms with E-state index in [1.54, 1.807) is 0 Å². The molecule has 0 radical (unpaired) electrons. The predicted molar refractivity (Wildman–Crippen MR) is 81.4 cm³/mol. The number of rotatable bonds is 7. The molecule has 0 atom stereocenters. The molecule has 18 heavy (non-hydrogen) atoms. The Kier molecular flexibility index (Phi) is 5.67. The molecule has 1 aromatic rings. The van der Waals surface area contributed by atoms with E-state index >= 15 is 0 Å². The third-order valence-corrected chi connectivity index (χ3v) is 3.31. The fourth-order valence-electron chi connectivity index (χ4n) is 2.32. The van der Waals surface area contributed by atoms with Gasteiger partial charge in [0.2, 0.25) is 0 Å². The summed E-state index contributed by atoms with van der Waals surface area (Å²) < 4.78 is 0. The van der Waals surface area contributed by atoms with Crippen molar-refractivity contribution in [2.45, 2.75) is 34.6 Å². The summed E-state index contributed by atoms with van der Waals surface area (Å²) in [6.45, 7) is 15.5. The van der Waals surface area contributed by atoms with E-state index in [0.29, 0.717) is 0 Å². The van der Waals surface area contributed by atoms with Crippen molar-refractivity contribution in [3.8, 4) is 0 Å². The van der Waals surface area contributed by atoms with Crippen LogP contribution in [0, 0.1) is 12.3 Å². The second-order valence-electron chi connectivity index (χ2n) is 5.75. The summed E-state index contributed by atoms with van der Waals surface area (Å²) in [6, 6.07) is 8.65. The van der Waals surface area contributed by atoms with Crippen molar-refractivity contribution >= 4 is 5.69 Å². The van der Waals surface area contributed by atoms with Crippen molar-refractivity contribution < 1.29 is 0 Å². The first-order valence-corrected chi connectivity index (χ1v) is 7.01. The van der Waals surface area contributed by atoms with Crippen LogP contribution in [0.25, 0.3) is 0 Å². The molecule has 0 amide bonds. The highest BCUT2D eigenvalue weighted by Gasteiger charge is 2.21. The van der Waals surface area contributed by atoms with Gasteiger partial charge in [0.15, 0.2) is 0 Å². The molecule has 0 saturated heterocycles. The molecule has 1 rings (SSSR count). The number of nitrogens with one attached hydrogen (secondary N) is 1. The van der Waals surface area contributed by atoms with Crippen LogP contribution in [0.1, 0.15) is 33.3 Å². The third kappa shape index (κ3) is 4.34. The minimum Gasteiger partial charge on any atom is -0.371 e. The number of para-hydroxylation sites is 1. The zero-order valence-corrected chi connectivity index (χ0v) is 12.6. The molecule has 2 nitrogen and oxygen atoms in total. The topological polar surface area (TPSA) is 15.3 Å². The summed E-state index contributed by atoms with van der Waals surface area (Å²) in [7, 11) is 0. The average molecular weight is 248 g/mol. The minimum atomic E-state index is 0.286. The second kappa shape index (κ2) is 6.79. The van der Waals surface area contributed by atoms with Crippen molar-refractivity contribution in [3.05, 3.63) is 29.8 Å². The predicted octanol–water partition coefficient (Wildman–Crippen LogP) is 3.46. The maximum atomic E-state index is 3.46. The van der Waals surface area contributed by atoms with E-state index in [1.807, 2.05) is 0 Å². The van der Waals surface area contributed by atoms with Crippen LogP contribution in [-0.4, -0.2) is 26.2 Å². The van der Waals surface area contributed by atoms with Crippen molar-refractivity contribution in [2.24, 2.45) is 5.41 Å². The average Bonchev–Trinajstić information content (AvgIpc) is 2.34. The molecule has 0 aromatic heterocycles. The zero-order chi connectivity index (χ0) is 13.6. The lowest BCUT2D eigenvalue weighted by Gasteiger charge is -2.34. The Morgan fingerprint density at radius 1 is 1.17 bits per heavy atom. The first-order chi connectivity index (χ1) is 8.50. The molecule has 0 fully saturated rings. The smallest absolute Gasteiger partial charge is 0.0396 e. The number of benzene rings is 1. The summed E-state index contributed by atoms with van der Waals surface area (Å²) in [4.78, 5) is 2.48. The van der Waals surface area contributed by atoms with Gasteiger partial charge in [-0.05, 0) is 37.4 Å². The lowest BCUT2D eigenvalue weighted by atomic mass is 9.92. The Hall–Kier alpha value is -1.02. The summed E-state index contributed by atoms with van der Waals surface area (Å²) in [5, 5.41) is 3.46. The van der Waals surface area contributed by atoms with E-state index in [1.165, 1.54) is 11.3 Å². The Morgan fingerprint density at radius 3 is 2.39 bits per heavy atom. The molecule has 0 bridgehead atoms. The molecule has 0 aliphatic heterocycles. The van der Waals surface area contributed by atoms with E-state index in [2.05, 4.69) is 69.1 Å². The fraction of sp³-hybridized carbons (Fsp3) is 0.625. The first kappa shape index (κ1) is 15.0. The molecule has 2 heteroatoms. The SMILES string of the molecule is CCNCC(C)(C)CN(CC)c1ccccc1C. The van der Waals surface area contributed by atoms with Gasteiger partial charge in [-0.2, -0.15) is 0 Å². The fourth-order valence-corrected chi connectivity index (χ4v) is 2.32. The standard InChI is InChI=1S/C16H28N2/c1-6-17-12-16(4,5)13-18(7-2)15-11-9-8-10-14(15)3/h8-11,17H,6-7,12-13H2,1-5H3. The van der Waals surface area contributed by atoms with Crippen LogP contribution < -0.4 is 10.2 Å². The number of aryl methyl sites for hydroxylation is 1. The van der Waals surface area contributed by atoms with E-state index in [9.17, 15) is 0 Å². The zero-order valence-electron chi connectivity index (χ0n) is 12.6. The second-order valence-corrected chi connectivity index (χ2v) is 5.75. The molecule has 0 aliphatic rings. The van der Waals surface area contributed by atoms with Gasteiger partial charge in [0.25, 0.3) is 0 Å². The molecule has 102 valence electrons. The van der Waals surface area contributed by atoms with Gasteiger partial charge in [0.05, 0.1) is 0 Å². The molecule has 0 unspecified atom stereocenters. The normalized spacial score (nSPS) is 11.6. The first-order valence-electron chi connectivity index (χ1n) is 7.01. The number of hydrogen-bond acceptors (Lipinski definition) is 2. The van der Waals surface area contributed by atoms with E-state index in [-0.39, 0.29) is 5.41 Å². The van der Waals surface area contributed by atoms with Gasteiger partial charge in [0, 0.05) is 25.3 Å². The number of nitrogens with zero attached hydrogens (tertiary/aromatic N) is 1. The largest absolute Gasteiger partial charge is 0.371 e. The van der Waals surface area contributed by atoms with Gasteiger partial charge < -0.3 is 10.2 Å². The molecule has 0 saturated carbocycles. The Bertz CT molecular complexity index is 358. The number of hydrogen-bond donors (Lipinski definition) is 1. The monoisotopic (exact) mass is 248 g/mol. The van der Waals surface area contributed by atoms with Crippen LogP contribution in [0.15, 0.2) is 24.3 Å². The van der Waals surface area contributed by atoms with Crippen LogP contribution in [0.2, 0.25) is 0 Å². The van der Waals surface area contributed by atoms with Crippen LogP contribution >= 0.6 is 0 Å². The third-order valence-electron chi connectivity index (χ3n) is 3.31. The van der Waals surface area contributed by atoms with Crippen LogP contribution in [0.4, 0.5) is 5.69 Å². The molecule has 1 aromatic carbocycles. The molecular formula is C16H28N2. The van der Waals surface area contributed by atoms with Crippen molar-refractivity contribution in [1.82, 2.24) is 5.32 Å². The molecule has 1 N–H and O–H groups in total. The van der Waals surface area contributed by atoms with Crippen LogP contribution in [-0.2, 0) is 0 Å². The summed E-state index contributed by atoms with van der Waals surface area (Å²) in [5.41, 5.74) is 3.01. The highest BCUT2D eigenvalue weighted by atomic mass is 15.1.